The standard InChI is InChI=1S/C49H57N7O9S/c1-4-42(57)63-30-23-56-44(37(33-50)34-51)41(35-52)43(49(56)58)48-46-45(64-31-32-65-46)47(66-48)36-13-15-38(16-14-36)53-54-39-17-19-40(20-18-39)55(21-28-61-26-11-7-5-9-24-59-2)22-29-62-27-12-8-6-10-25-60-3/h4,13-20H,1,5-12,21-32H2,2-3H3/b54-53+. The summed E-state index contributed by atoms with van der Waals surface area (Å²) in [5.41, 5.74) is 2.22. The van der Waals surface area contributed by atoms with Gasteiger partial charge < -0.3 is 43.0 Å². The number of unbranched alkanes of at least 4 members (excludes halogenated alkanes) is 6. The Morgan fingerprint density at radius 3 is 1.80 bits per heavy atom. The fourth-order valence-electron chi connectivity index (χ4n) is 7.18. The summed E-state index contributed by atoms with van der Waals surface area (Å²) in [6.45, 7) is 9.05. The van der Waals surface area contributed by atoms with Gasteiger partial charge in [0.1, 0.15) is 38.0 Å². The van der Waals surface area contributed by atoms with Gasteiger partial charge in [-0.2, -0.15) is 26.0 Å². The SMILES string of the molecule is C=CC(=O)OCCN1C(=O)C(c2sc(-c3ccc(/N=N/c4ccc(N(CCOCCCCCCOC)CCOCCCCCCOC)cc4)cc3)c3c2OCCO3)=C(C#N)C1=C(C#N)C#N. The molecule has 0 unspecified atom stereocenters. The number of esters is 1. The molecule has 0 saturated carbocycles. The first kappa shape index (κ1) is 50.6. The second-order valence-corrected chi connectivity index (χ2v) is 16.1. The third kappa shape index (κ3) is 14.3. The molecule has 0 aliphatic carbocycles. The number of nitriles is 3. The van der Waals surface area contributed by atoms with E-state index in [9.17, 15) is 25.4 Å². The van der Waals surface area contributed by atoms with Crippen molar-refractivity contribution in [3.05, 3.63) is 82.9 Å². The molecule has 0 radical (unpaired) electrons. The molecule has 1 aromatic heterocycles. The number of fused-ring (bicyclic) bond motifs is 1. The molecule has 2 aliphatic heterocycles. The summed E-state index contributed by atoms with van der Waals surface area (Å²) >= 11 is 1.18. The number of amides is 1. The molecule has 1 amide bonds. The number of thiophene rings is 1. The van der Waals surface area contributed by atoms with Gasteiger partial charge in [-0.05, 0) is 67.6 Å². The van der Waals surface area contributed by atoms with Crippen LogP contribution in [0.5, 0.6) is 11.5 Å². The number of hydrogen-bond donors (Lipinski definition) is 0. The lowest BCUT2D eigenvalue weighted by atomic mass is 10.0. The fraction of sp³-hybridized carbons (Fsp3) is 0.449. The van der Waals surface area contributed by atoms with E-state index in [2.05, 4.69) is 21.7 Å². The van der Waals surface area contributed by atoms with Gasteiger partial charge >= 0.3 is 5.97 Å². The predicted octanol–water partition coefficient (Wildman–Crippen LogP) is 9.00. The number of anilines is 1. The summed E-state index contributed by atoms with van der Waals surface area (Å²) in [6, 6.07) is 20.8. The number of ether oxygens (including phenoxy) is 7. The fourth-order valence-corrected chi connectivity index (χ4v) is 8.42. The second-order valence-electron chi connectivity index (χ2n) is 15.0. The van der Waals surface area contributed by atoms with E-state index in [1.54, 1.807) is 26.4 Å². The molecule has 0 N–H and O–H groups in total. The Labute approximate surface area is 390 Å². The summed E-state index contributed by atoms with van der Waals surface area (Å²) in [6.07, 6.45) is 9.69. The van der Waals surface area contributed by atoms with Crippen LogP contribution in [0.1, 0.15) is 56.2 Å². The summed E-state index contributed by atoms with van der Waals surface area (Å²) in [4.78, 5) is 30.1. The zero-order chi connectivity index (χ0) is 46.9. The Bertz CT molecular complexity index is 2270. The maximum Gasteiger partial charge on any atom is 0.330 e. The first-order chi connectivity index (χ1) is 32.4. The number of rotatable bonds is 29. The van der Waals surface area contributed by atoms with Crippen molar-refractivity contribution in [2.75, 3.05) is 98.2 Å². The number of hydrogen-bond acceptors (Lipinski definition) is 16. The smallest absolute Gasteiger partial charge is 0.330 e. The number of allylic oxidation sites excluding steroid dienone is 2. The Morgan fingerprint density at radius 1 is 0.758 bits per heavy atom. The highest BCUT2D eigenvalue weighted by Gasteiger charge is 2.42. The van der Waals surface area contributed by atoms with Crippen molar-refractivity contribution in [1.82, 2.24) is 4.90 Å². The average molecular weight is 920 g/mol. The van der Waals surface area contributed by atoms with Gasteiger partial charge in [0.15, 0.2) is 17.1 Å². The van der Waals surface area contributed by atoms with Crippen molar-refractivity contribution in [3.8, 4) is 40.1 Å². The first-order valence-corrected chi connectivity index (χ1v) is 22.9. The van der Waals surface area contributed by atoms with Gasteiger partial charge in [-0.3, -0.25) is 4.79 Å². The lowest BCUT2D eigenvalue weighted by Crippen LogP contribution is -2.31. The maximum absolute atomic E-state index is 14.1. The molecule has 0 spiro atoms. The van der Waals surface area contributed by atoms with Crippen molar-refractivity contribution in [2.24, 2.45) is 10.2 Å². The molecule has 17 heteroatoms. The zero-order valence-corrected chi connectivity index (χ0v) is 38.6. The number of carbonyl (C=O) groups is 2. The van der Waals surface area contributed by atoms with E-state index in [1.165, 1.54) is 11.3 Å². The molecule has 3 aromatic rings. The monoisotopic (exact) mass is 919 g/mol. The molecular formula is C49H57N7O9S. The van der Waals surface area contributed by atoms with Gasteiger partial charge in [-0.15, -0.1) is 11.3 Å². The predicted molar refractivity (Wildman–Crippen MR) is 250 cm³/mol. The van der Waals surface area contributed by atoms with E-state index in [0.29, 0.717) is 40.1 Å². The third-order valence-corrected chi connectivity index (χ3v) is 11.8. The number of methoxy groups -OCH3 is 2. The molecule has 16 nitrogen and oxygen atoms in total. The highest BCUT2D eigenvalue weighted by atomic mass is 32.1. The van der Waals surface area contributed by atoms with E-state index in [0.717, 1.165) is 113 Å². The van der Waals surface area contributed by atoms with Crippen molar-refractivity contribution < 1.29 is 42.7 Å². The lowest BCUT2D eigenvalue weighted by Gasteiger charge is -2.25. The summed E-state index contributed by atoms with van der Waals surface area (Å²) in [5, 5.41) is 38.9. The van der Waals surface area contributed by atoms with Crippen LogP contribution in [0.3, 0.4) is 0 Å². The summed E-state index contributed by atoms with van der Waals surface area (Å²) in [5.74, 6) is -0.705. The second kappa shape index (κ2) is 27.8. The molecule has 66 heavy (non-hydrogen) atoms. The molecule has 5 rings (SSSR count). The van der Waals surface area contributed by atoms with Crippen molar-refractivity contribution in [2.45, 2.75) is 51.4 Å². The molecule has 348 valence electrons. The normalized spacial score (nSPS) is 13.2. The Morgan fingerprint density at radius 2 is 1.29 bits per heavy atom. The number of azo groups is 1. The van der Waals surface area contributed by atoms with E-state index in [4.69, 9.17) is 33.2 Å². The van der Waals surface area contributed by atoms with Gasteiger partial charge in [0.05, 0.1) is 57.7 Å². The lowest BCUT2D eigenvalue weighted by molar-refractivity contribution is -0.139. The Balaban J connectivity index is 1.27. The Kier molecular flexibility index (Phi) is 21.3. The molecule has 0 bridgehead atoms. The van der Waals surface area contributed by atoms with Crippen LogP contribution < -0.4 is 14.4 Å². The van der Waals surface area contributed by atoms with Gasteiger partial charge in [-0.25, -0.2) is 4.79 Å². The molecule has 3 heterocycles. The highest BCUT2D eigenvalue weighted by molar-refractivity contribution is 7.17. The first-order valence-electron chi connectivity index (χ1n) is 22.1. The largest absolute Gasteiger partial charge is 0.485 e. The van der Waals surface area contributed by atoms with Crippen LogP contribution in [0.25, 0.3) is 16.0 Å². The number of nitrogens with zero attached hydrogens (tertiary/aromatic N) is 7. The number of benzene rings is 2. The van der Waals surface area contributed by atoms with E-state index in [1.807, 2.05) is 54.6 Å². The highest BCUT2D eigenvalue weighted by Crippen LogP contribution is 2.54. The molecule has 0 fully saturated rings. The summed E-state index contributed by atoms with van der Waals surface area (Å²) < 4.78 is 39.5. The van der Waals surface area contributed by atoms with Crippen LogP contribution in [-0.2, 0) is 33.3 Å². The van der Waals surface area contributed by atoms with Crippen molar-refractivity contribution in [1.29, 1.82) is 15.8 Å². The van der Waals surface area contributed by atoms with Crippen molar-refractivity contribution >= 4 is 45.8 Å². The summed E-state index contributed by atoms with van der Waals surface area (Å²) in [7, 11) is 3.46. The average Bonchev–Trinajstić information content (AvgIpc) is 3.86. The van der Waals surface area contributed by atoms with Gasteiger partial charge in [0.25, 0.3) is 5.91 Å². The molecule has 0 saturated heterocycles. The number of carbonyl (C=O) groups excluding carboxylic acids is 2. The van der Waals surface area contributed by atoms with Crippen LogP contribution in [0.2, 0.25) is 0 Å². The van der Waals surface area contributed by atoms with Crippen LogP contribution in [0, 0.1) is 34.0 Å². The van der Waals surface area contributed by atoms with Crippen LogP contribution in [-0.4, -0.2) is 110 Å². The van der Waals surface area contributed by atoms with Gasteiger partial charge in [0, 0.05) is 65.5 Å². The van der Waals surface area contributed by atoms with Crippen molar-refractivity contribution in [3.63, 3.8) is 0 Å². The molecule has 2 aromatic carbocycles. The van der Waals surface area contributed by atoms with Gasteiger partial charge in [-0.1, -0.05) is 44.4 Å². The minimum Gasteiger partial charge on any atom is -0.485 e. The quantitative estimate of drug-likeness (QED) is 0.0210. The topological polar surface area (TPSA) is 201 Å². The van der Waals surface area contributed by atoms with E-state index >= 15 is 0 Å². The molecule has 2 aliphatic rings. The van der Waals surface area contributed by atoms with Crippen LogP contribution in [0.15, 0.2) is 88.3 Å². The minimum absolute atomic E-state index is 0.0511. The maximum atomic E-state index is 14.1. The minimum atomic E-state index is -0.713. The molecule has 0 atom stereocenters. The molecular weight excluding hydrogens is 863 g/mol. The van der Waals surface area contributed by atoms with E-state index in [-0.39, 0.29) is 49.0 Å². The van der Waals surface area contributed by atoms with Gasteiger partial charge in [0.2, 0.25) is 0 Å². The van der Waals surface area contributed by atoms with Crippen LogP contribution >= 0.6 is 11.3 Å². The van der Waals surface area contributed by atoms with E-state index < -0.39 is 17.4 Å². The Hall–Kier alpha value is -6.39. The third-order valence-electron chi connectivity index (χ3n) is 10.6. The zero-order valence-electron chi connectivity index (χ0n) is 37.8. The van der Waals surface area contributed by atoms with Crippen LogP contribution in [0.4, 0.5) is 17.1 Å².